The third-order valence-corrected chi connectivity index (χ3v) is 3.39. The topological polar surface area (TPSA) is 32.3 Å². The molecule has 1 aromatic heterocycles. The molecule has 0 atom stereocenters. The van der Waals surface area contributed by atoms with E-state index < -0.39 is 0 Å². The summed E-state index contributed by atoms with van der Waals surface area (Å²) in [5, 5.41) is 12.3. The van der Waals surface area contributed by atoms with Crippen molar-refractivity contribution < 1.29 is 5.11 Å². The molecule has 0 aliphatic carbocycles. The predicted octanol–water partition coefficient (Wildman–Crippen LogP) is 2.37. The lowest BCUT2D eigenvalue weighted by molar-refractivity contribution is 0.187. The van der Waals surface area contributed by atoms with Gasteiger partial charge in [0.1, 0.15) is 0 Å². The van der Waals surface area contributed by atoms with E-state index in [1.165, 1.54) is 4.88 Å². The molecule has 0 aliphatic rings. The van der Waals surface area contributed by atoms with Gasteiger partial charge in [0.15, 0.2) is 0 Å². The maximum atomic E-state index is 9.01. The van der Waals surface area contributed by atoms with Gasteiger partial charge in [0, 0.05) is 17.0 Å². The van der Waals surface area contributed by atoms with Crippen molar-refractivity contribution in [2.45, 2.75) is 25.9 Å². The van der Waals surface area contributed by atoms with Crippen LogP contribution in [0.4, 0.5) is 0 Å². The fourth-order valence-electron chi connectivity index (χ4n) is 0.829. The van der Waals surface area contributed by atoms with Crippen molar-refractivity contribution in [3.63, 3.8) is 0 Å². The van der Waals surface area contributed by atoms with E-state index >= 15 is 0 Å². The Morgan fingerprint density at radius 3 is 2.69 bits per heavy atom. The third-order valence-electron chi connectivity index (χ3n) is 1.77. The number of halogens is 1. The maximum absolute atomic E-state index is 9.01. The smallest absolute Gasteiger partial charge is 0.0701 e. The highest BCUT2D eigenvalue weighted by Crippen LogP contribution is 2.22. The van der Waals surface area contributed by atoms with E-state index in [2.05, 4.69) is 27.3 Å². The molecule has 4 heteroatoms. The third kappa shape index (κ3) is 3.77. The minimum absolute atomic E-state index is 0.152. The molecule has 0 aromatic carbocycles. The molecule has 0 saturated carbocycles. The molecule has 74 valence electrons. The van der Waals surface area contributed by atoms with Crippen molar-refractivity contribution in [3.05, 3.63) is 20.8 Å². The van der Waals surface area contributed by atoms with Crippen molar-refractivity contribution in [2.75, 3.05) is 6.61 Å². The molecule has 1 rings (SSSR count). The van der Waals surface area contributed by atoms with Gasteiger partial charge in [-0.2, -0.15) is 0 Å². The number of rotatable bonds is 4. The molecule has 0 bridgehead atoms. The second kappa shape index (κ2) is 4.55. The number of aliphatic hydroxyl groups excluding tert-OH is 1. The van der Waals surface area contributed by atoms with Crippen LogP contribution in [0.25, 0.3) is 0 Å². The number of aliphatic hydroxyl groups is 1. The minimum atomic E-state index is -0.198. The normalized spacial score (nSPS) is 12.0. The molecule has 0 saturated heterocycles. The Bertz CT molecular complexity index is 272. The van der Waals surface area contributed by atoms with Gasteiger partial charge in [-0.15, -0.1) is 11.3 Å². The van der Waals surface area contributed by atoms with E-state index in [9.17, 15) is 0 Å². The Labute approximate surface area is 91.1 Å². The number of hydrogen-bond donors (Lipinski definition) is 2. The monoisotopic (exact) mass is 263 g/mol. The summed E-state index contributed by atoms with van der Waals surface area (Å²) in [4.78, 5) is 1.27. The molecule has 0 unspecified atom stereocenters. The first-order chi connectivity index (χ1) is 6.03. The average Bonchev–Trinajstić information content (AvgIpc) is 2.48. The lowest BCUT2D eigenvalue weighted by atomic mass is 10.1. The fourth-order valence-corrected chi connectivity index (χ4v) is 2.25. The first-order valence-corrected chi connectivity index (χ1v) is 5.74. The molecule has 0 spiro atoms. The summed E-state index contributed by atoms with van der Waals surface area (Å²) in [5.74, 6) is 0. The van der Waals surface area contributed by atoms with Crippen LogP contribution in [0.15, 0.2) is 15.9 Å². The molecule has 2 nitrogen and oxygen atoms in total. The lowest BCUT2D eigenvalue weighted by Gasteiger charge is -2.22. The molecular weight excluding hydrogens is 250 g/mol. The summed E-state index contributed by atoms with van der Waals surface area (Å²) < 4.78 is 1.14. The largest absolute Gasteiger partial charge is 0.394 e. The zero-order valence-electron chi connectivity index (χ0n) is 7.80. The Morgan fingerprint density at radius 2 is 2.23 bits per heavy atom. The van der Waals surface area contributed by atoms with E-state index in [0.717, 1.165) is 10.3 Å². The van der Waals surface area contributed by atoms with Gasteiger partial charge in [0.05, 0.1) is 10.4 Å². The van der Waals surface area contributed by atoms with Crippen molar-refractivity contribution in [1.82, 2.24) is 5.32 Å². The van der Waals surface area contributed by atoms with Crippen molar-refractivity contribution >= 4 is 27.3 Å². The van der Waals surface area contributed by atoms with Crippen LogP contribution in [-0.2, 0) is 6.54 Å². The number of hydrogen-bond acceptors (Lipinski definition) is 3. The fraction of sp³-hybridized carbons (Fsp3) is 0.556. The molecule has 1 heterocycles. The maximum Gasteiger partial charge on any atom is 0.0701 e. The Balaban J connectivity index is 2.43. The first kappa shape index (κ1) is 11.2. The van der Waals surface area contributed by atoms with Gasteiger partial charge in [-0.3, -0.25) is 0 Å². The van der Waals surface area contributed by atoms with Gasteiger partial charge in [-0.25, -0.2) is 0 Å². The summed E-state index contributed by atoms with van der Waals surface area (Å²) in [7, 11) is 0. The number of thiophene rings is 1. The highest BCUT2D eigenvalue weighted by molar-refractivity contribution is 9.11. The van der Waals surface area contributed by atoms with E-state index in [4.69, 9.17) is 5.11 Å². The van der Waals surface area contributed by atoms with Crippen LogP contribution >= 0.6 is 27.3 Å². The van der Waals surface area contributed by atoms with Crippen molar-refractivity contribution in [2.24, 2.45) is 0 Å². The van der Waals surface area contributed by atoms with Crippen LogP contribution in [0.3, 0.4) is 0 Å². The van der Waals surface area contributed by atoms with Gasteiger partial charge in [-0.05, 0) is 41.9 Å². The molecule has 13 heavy (non-hydrogen) atoms. The molecule has 0 radical (unpaired) electrons. The van der Waals surface area contributed by atoms with E-state index in [1.54, 1.807) is 11.3 Å². The highest BCUT2D eigenvalue weighted by Gasteiger charge is 2.14. The van der Waals surface area contributed by atoms with Gasteiger partial charge in [0.25, 0.3) is 0 Å². The zero-order chi connectivity index (χ0) is 9.90. The second-order valence-electron chi connectivity index (χ2n) is 3.60. The zero-order valence-corrected chi connectivity index (χ0v) is 10.2. The summed E-state index contributed by atoms with van der Waals surface area (Å²) in [6, 6.07) is 4.11. The summed E-state index contributed by atoms with van der Waals surface area (Å²) in [6.45, 7) is 4.93. The van der Waals surface area contributed by atoms with Crippen LogP contribution in [0.1, 0.15) is 18.7 Å². The Morgan fingerprint density at radius 1 is 1.54 bits per heavy atom. The summed E-state index contributed by atoms with van der Waals surface area (Å²) >= 11 is 5.12. The van der Waals surface area contributed by atoms with Crippen molar-refractivity contribution in [1.29, 1.82) is 0 Å². The SMILES string of the molecule is CC(C)(CO)NCc1ccc(Br)s1. The van der Waals surface area contributed by atoms with Gasteiger partial charge in [0.2, 0.25) is 0 Å². The van der Waals surface area contributed by atoms with E-state index in [-0.39, 0.29) is 12.1 Å². The summed E-state index contributed by atoms with van der Waals surface area (Å²) in [5.41, 5.74) is -0.198. The van der Waals surface area contributed by atoms with Crippen LogP contribution < -0.4 is 5.32 Å². The van der Waals surface area contributed by atoms with Crippen LogP contribution in [-0.4, -0.2) is 17.3 Å². The Hall–Kier alpha value is 0.1000. The molecule has 1 aromatic rings. The molecule has 0 amide bonds. The molecule has 2 N–H and O–H groups in total. The lowest BCUT2D eigenvalue weighted by Crippen LogP contribution is -2.41. The van der Waals surface area contributed by atoms with Gasteiger partial charge in [-0.1, -0.05) is 0 Å². The van der Waals surface area contributed by atoms with Gasteiger partial charge >= 0.3 is 0 Å². The standard InChI is InChI=1S/C9H14BrNOS/c1-9(2,6-12)11-5-7-3-4-8(10)13-7/h3-4,11-12H,5-6H2,1-2H3. The minimum Gasteiger partial charge on any atom is -0.394 e. The van der Waals surface area contributed by atoms with Crippen LogP contribution in [0.2, 0.25) is 0 Å². The average molecular weight is 264 g/mol. The quantitative estimate of drug-likeness (QED) is 0.875. The summed E-state index contributed by atoms with van der Waals surface area (Å²) in [6.07, 6.45) is 0. The molecule has 0 aliphatic heterocycles. The van der Waals surface area contributed by atoms with E-state index in [0.29, 0.717) is 0 Å². The number of nitrogens with one attached hydrogen (secondary N) is 1. The predicted molar refractivity (Wildman–Crippen MR) is 60.0 cm³/mol. The highest BCUT2D eigenvalue weighted by atomic mass is 79.9. The van der Waals surface area contributed by atoms with Crippen LogP contribution in [0.5, 0.6) is 0 Å². The molecule has 0 fully saturated rings. The van der Waals surface area contributed by atoms with E-state index in [1.807, 2.05) is 19.9 Å². The van der Waals surface area contributed by atoms with Crippen LogP contribution in [0, 0.1) is 0 Å². The first-order valence-electron chi connectivity index (χ1n) is 4.13. The molecular formula is C9H14BrNOS. The van der Waals surface area contributed by atoms with Gasteiger partial charge < -0.3 is 10.4 Å². The second-order valence-corrected chi connectivity index (χ2v) is 6.15. The Kier molecular flexibility index (Phi) is 3.91. The van der Waals surface area contributed by atoms with Crippen molar-refractivity contribution in [3.8, 4) is 0 Å².